The molecule has 2 rings (SSSR count). The molecule has 1 aliphatic rings. The van der Waals surface area contributed by atoms with Crippen LogP contribution in [0.25, 0.3) is 0 Å². The summed E-state index contributed by atoms with van der Waals surface area (Å²) in [5.41, 5.74) is 4.94. The molecular formula is C14H18N4O2. The van der Waals surface area contributed by atoms with Crippen molar-refractivity contribution in [1.29, 1.82) is 0 Å². The molecule has 0 aliphatic carbocycles. The van der Waals surface area contributed by atoms with E-state index in [1.165, 1.54) is 18.4 Å². The normalized spacial score (nSPS) is 16.8. The van der Waals surface area contributed by atoms with Crippen LogP contribution in [0.5, 0.6) is 0 Å². The highest BCUT2D eigenvalue weighted by Gasteiger charge is 2.19. The fourth-order valence-electron chi connectivity index (χ4n) is 1.86. The molecule has 6 nitrogen and oxygen atoms in total. The molecule has 6 heteroatoms. The number of imide groups is 1. The van der Waals surface area contributed by atoms with E-state index in [2.05, 4.69) is 28.1 Å². The number of carbonyl (C=O) groups is 2. The molecule has 3 amide bonds. The van der Waals surface area contributed by atoms with E-state index in [-0.39, 0.29) is 12.3 Å². The number of urea groups is 1. The smallest absolute Gasteiger partial charge is 0.294 e. The summed E-state index contributed by atoms with van der Waals surface area (Å²) in [6.45, 7) is 2.17. The van der Waals surface area contributed by atoms with Gasteiger partial charge in [-0.25, -0.2) is 4.79 Å². The predicted octanol–water partition coefficient (Wildman–Crippen LogP) is 1.98. The van der Waals surface area contributed by atoms with Gasteiger partial charge in [0.2, 0.25) is 5.91 Å². The molecule has 1 aromatic rings. The molecule has 0 bridgehead atoms. The first-order chi connectivity index (χ1) is 9.67. The summed E-state index contributed by atoms with van der Waals surface area (Å²) < 4.78 is 0. The van der Waals surface area contributed by atoms with Crippen molar-refractivity contribution in [3.63, 3.8) is 0 Å². The molecule has 1 saturated heterocycles. The van der Waals surface area contributed by atoms with Gasteiger partial charge in [-0.3, -0.25) is 20.9 Å². The second-order valence-corrected chi connectivity index (χ2v) is 4.65. The minimum atomic E-state index is -0.545. The van der Waals surface area contributed by atoms with Gasteiger partial charge in [0.15, 0.2) is 0 Å². The SMILES string of the molecule is CCCCc1ccc(NN=C2CC(=O)NC(=O)N2)cc1. The maximum Gasteiger partial charge on any atom is 0.326 e. The van der Waals surface area contributed by atoms with Gasteiger partial charge in [0.25, 0.3) is 0 Å². The second-order valence-electron chi connectivity index (χ2n) is 4.65. The minimum absolute atomic E-state index is 0.0628. The topological polar surface area (TPSA) is 82.6 Å². The van der Waals surface area contributed by atoms with Crippen LogP contribution in [0, 0.1) is 0 Å². The van der Waals surface area contributed by atoms with E-state index in [9.17, 15) is 9.59 Å². The number of amides is 3. The quantitative estimate of drug-likeness (QED) is 0.718. The standard InChI is InChI=1S/C14H18N4O2/c1-2-3-4-10-5-7-11(8-6-10)17-18-12-9-13(19)16-14(20)15-12/h5-8,17H,2-4,9H2,1H3,(H2,15,16,18,19,20). The average Bonchev–Trinajstić information content (AvgIpc) is 2.43. The molecule has 0 spiro atoms. The molecule has 0 unspecified atom stereocenters. The highest BCUT2D eigenvalue weighted by atomic mass is 16.2. The zero-order chi connectivity index (χ0) is 14.4. The number of hydrogen-bond donors (Lipinski definition) is 3. The number of aryl methyl sites for hydroxylation is 1. The first-order valence-corrected chi connectivity index (χ1v) is 6.69. The van der Waals surface area contributed by atoms with Gasteiger partial charge in [0.1, 0.15) is 5.84 Å². The Morgan fingerprint density at radius 2 is 1.95 bits per heavy atom. The average molecular weight is 274 g/mol. The van der Waals surface area contributed by atoms with Gasteiger partial charge in [-0.05, 0) is 30.5 Å². The molecule has 3 N–H and O–H groups in total. The van der Waals surface area contributed by atoms with E-state index in [0.717, 1.165) is 12.1 Å². The number of nitrogens with one attached hydrogen (secondary N) is 3. The van der Waals surface area contributed by atoms with Crippen LogP contribution in [0.1, 0.15) is 31.7 Å². The van der Waals surface area contributed by atoms with Crippen molar-refractivity contribution < 1.29 is 9.59 Å². The van der Waals surface area contributed by atoms with Gasteiger partial charge in [-0.2, -0.15) is 5.10 Å². The Kier molecular flexibility index (Phi) is 4.70. The molecule has 0 saturated carbocycles. The highest BCUT2D eigenvalue weighted by molar-refractivity contribution is 6.16. The Labute approximate surface area is 117 Å². The van der Waals surface area contributed by atoms with Crippen LogP contribution in [0.2, 0.25) is 0 Å². The number of nitrogens with zero attached hydrogens (tertiary/aromatic N) is 1. The summed E-state index contributed by atoms with van der Waals surface area (Å²) >= 11 is 0. The maximum atomic E-state index is 11.2. The Morgan fingerprint density at radius 1 is 1.20 bits per heavy atom. The Balaban J connectivity index is 1.93. The van der Waals surface area contributed by atoms with Crippen LogP contribution in [0.4, 0.5) is 10.5 Å². The molecule has 0 atom stereocenters. The van der Waals surface area contributed by atoms with Gasteiger partial charge < -0.3 is 0 Å². The van der Waals surface area contributed by atoms with E-state index in [1.54, 1.807) is 0 Å². The fourth-order valence-corrected chi connectivity index (χ4v) is 1.86. The van der Waals surface area contributed by atoms with E-state index < -0.39 is 6.03 Å². The lowest BCUT2D eigenvalue weighted by Crippen LogP contribution is -2.50. The van der Waals surface area contributed by atoms with Crippen LogP contribution in [0.15, 0.2) is 29.4 Å². The van der Waals surface area contributed by atoms with E-state index in [0.29, 0.717) is 5.84 Å². The maximum absolute atomic E-state index is 11.2. The van der Waals surface area contributed by atoms with Gasteiger partial charge >= 0.3 is 6.03 Å². The van der Waals surface area contributed by atoms with E-state index in [1.807, 2.05) is 24.3 Å². The van der Waals surface area contributed by atoms with Gasteiger partial charge in [-0.1, -0.05) is 25.5 Å². The lowest BCUT2D eigenvalue weighted by Gasteiger charge is -2.14. The third kappa shape index (κ3) is 4.08. The van der Waals surface area contributed by atoms with Crippen molar-refractivity contribution in [1.82, 2.24) is 10.6 Å². The van der Waals surface area contributed by atoms with Crippen molar-refractivity contribution in [3.05, 3.63) is 29.8 Å². The zero-order valence-corrected chi connectivity index (χ0v) is 11.4. The molecule has 0 aromatic heterocycles. The summed E-state index contributed by atoms with van der Waals surface area (Å²) in [4.78, 5) is 22.2. The lowest BCUT2D eigenvalue weighted by molar-refractivity contribution is -0.119. The third-order valence-electron chi connectivity index (χ3n) is 2.93. The van der Waals surface area contributed by atoms with Crippen LogP contribution in [-0.2, 0) is 11.2 Å². The largest absolute Gasteiger partial charge is 0.326 e. The van der Waals surface area contributed by atoms with E-state index >= 15 is 0 Å². The van der Waals surface area contributed by atoms with Gasteiger partial charge in [-0.15, -0.1) is 0 Å². The van der Waals surface area contributed by atoms with Crippen molar-refractivity contribution in [2.45, 2.75) is 32.6 Å². The van der Waals surface area contributed by atoms with Crippen LogP contribution >= 0.6 is 0 Å². The van der Waals surface area contributed by atoms with E-state index in [4.69, 9.17) is 0 Å². The lowest BCUT2D eigenvalue weighted by atomic mass is 10.1. The number of carbonyl (C=O) groups excluding carboxylic acids is 2. The molecule has 1 heterocycles. The summed E-state index contributed by atoms with van der Waals surface area (Å²) in [5.74, 6) is -0.0435. The number of benzene rings is 1. The van der Waals surface area contributed by atoms with Gasteiger partial charge in [0.05, 0.1) is 12.1 Å². The molecule has 20 heavy (non-hydrogen) atoms. The Bertz CT molecular complexity index is 504. The Hall–Kier alpha value is -2.37. The Morgan fingerprint density at radius 3 is 2.60 bits per heavy atom. The molecule has 1 aliphatic heterocycles. The number of rotatable bonds is 5. The first-order valence-electron chi connectivity index (χ1n) is 6.69. The molecular weight excluding hydrogens is 256 g/mol. The number of amidine groups is 1. The monoisotopic (exact) mass is 274 g/mol. The number of hydrogen-bond acceptors (Lipinski definition) is 4. The summed E-state index contributed by atoms with van der Waals surface area (Å²) in [5, 5.41) is 8.63. The summed E-state index contributed by atoms with van der Waals surface area (Å²) in [6.07, 6.45) is 3.49. The fraction of sp³-hybridized carbons (Fsp3) is 0.357. The van der Waals surface area contributed by atoms with Crippen molar-refractivity contribution >= 4 is 23.5 Å². The minimum Gasteiger partial charge on any atom is -0.294 e. The van der Waals surface area contributed by atoms with Crippen molar-refractivity contribution in [2.75, 3.05) is 5.43 Å². The third-order valence-corrected chi connectivity index (χ3v) is 2.93. The predicted molar refractivity (Wildman–Crippen MR) is 77.4 cm³/mol. The summed E-state index contributed by atoms with van der Waals surface area (Å²) in [6, 6.07) is 7.41. The molecule has 106 valence electrons. The summed E-state index contributed by atoms with van der Waals surface area (Å²) in [7, 11) is 0. The number of hydrazone groups is 1. The zero-order valence-electron chi connectivity index (χ0n) is 11.4. The highest BCUT2D eigenvalue weighted by Crippen LogP contribution is 2.11. The van der Waals surface area contributed by atoms with Crippen LogP contribution < -0.4 is 16.1 Å². The van der Waals surface area contributed by atoms with Crippen molar-refractivity contribution in [2.24, 2.45) is 5.10 Å². The van der Waals surface area contributed by atoms with Crippen LogP contribution in [0.3, 0.4) is 0 Å². The number of unbranched alkanes of at least 4 members (excludes halogenated alkanes) is 1. The second kappa shape index (κ2) is 6.70. The first kappa shape index (κ1) is 14.0. The van der Waals surface area contributed by atoms with Crippen LogP contribution in [-0.4, -0.2) is 17.8 Å². The van der Waals surface area contributed by atoms with Crippen molar-refractivity contribution in [3.8, 4) is 0 Å². The van der Waals surface area contributed by atoms with Gasteiger partial charge in [0, 0.05) is 0 Å². The molecule has 0 radical (unpaired) electrons. The number of anilines is 1. The molecule has 1 aromatic carbocycles. The molecule has 1 fully saturated rings.